The number of ether oxygens (including phenoxy) is 1. The van der Waals surface area contributed by atoms with Crippen LogP contribution in [0, 0.1) is 13.8 Å². The van der Waals surface area contributed by atoms with E-state index in [1.807, 2.05) is 18.7 Å². The third kappa shape index (κ3) is 3.32. The fourth-order valence-electron chi connectivity index (χ4n) is 3.19. The third-order valence-corrected chi connectivity index (χ3v) is 4.34. The summed E-state index contributed by atoms with van der Waals surface area (Å²) >= 11 is 0. The Bertz CT molecular complexity index is 689. The van der Waals surface area contributed by atoms with Crippen LogP contribution in [0.2, 0.25) is 0 Å². The minimum Gasteiger partial charge on any atom is -0.463 e. The fraction of sp³-hybridized carbons (Fsp3) is 0.529. The van der Waals surface area contributed by atoms with Gasteiger partial charge in [-0.25, -0.2) is 0 Å². The molecule has 0 aliphatic carbocycles. The molecule has 124 valence electrons. The number of nitrogens with zero attached hydrogens (tertiary/aromatic N) is 2. The highest BCUT2D eigenvalue weighted by Crippen LogP contribution is 2.28. The number of methoxy groups -OCH3 is 1. The molecule has 1 saturated heterocycles. The second-order valence-electron chi connectivity index (χ2n) is 6.18. The molecule has 1 fully saturated rings. The number of furan rings is 1. The van der Waals surface area contributed by atoms with E-state index in [0.29, 0.717) is 36.2 Å². The number of hydrogen-bond acceptors (Lipinski definition) is 4. The number of rotatable bonds is 4. The quantitative estimate of drug-likeness (QED) is 0.941. The van der Waals surface area contributed by atoms with Gasteiger partial charge in [-0.3, -0.25) is 9.89 Å². The number of aromatic amines is 1. The van der Waals surface area contributed by atoms with Crippen molar-refractivity contribution in [3.8, 4) is 0 Å². The van der Waals surface area contributed by atoms with E-state index < -0.39 is 0 Å². The summed E-state index contributed by atoms with van der Waals surface area (Å²) in [5.41, 5.74) is 2.73. The van der Waals surface area contributed by atoms with Crippen molar-refractivity contribution in [2.24, 2.45) is 0 Å². The maximum atomic E-state index is 12.8. The van der Waals surface area contributed by atoms with Crippen LogP contribution in [0.5, 0.6) is 0 Å². The van der Waals surface area contributed by atoms with Crippen molar-refractivity contribution >= 4 is 5.91 Å². The van der Waals surface area contributed by atoms with E-state index in [-0.39, 0.29) is 5.91 Å². The number of carbonyl (C=O) groups excluding carboxylic acids is 1. The lowest BCUT2D eigenvalue weighted by Gasteiger charge is -2.31. The zero-order chi connectivity index (χ0) is 16.4. The molecular weight excluding hydrogens is 294 g/mol. The van der Waals surface area contributed by atoms with Gasteiger partial charge in [-0.05, 0) is 38.8 Å². The Kier molecular flexibility index (Phi) is 4.52. The number of carbonyl (C=O) groups is 1. The molecule has 0 aromatic carbocycles. The van der Waals surface area contributed by atoms with Crippen LogP contribution in [0.1, 0.15) is 52.0 Å². The number of hydrogen-bond donors (Lipinski definition) is 1. The van der Waals surface area contributed by atoms with Crippen molar-refractivity contribution in [3.63, 3.8) is 0 Å². The Morgan fingerprint density at radius 3 is 3.00 bits per heavy atom. The lowest BCUT2D eigenvalue weighted by atomic mass is 9.94. The summed E-state index contributed by atoms with van der Waals surface area (Å²) in [6.07, 6.45) is 2.05. The van der Waals surface area contributed by atoms with Gasteiger partial charge in [0, 0.05) is 31.8 Å². The summed E-state index contributed by atoms with van der Waals surface area (Å²) < 4.78 is 10.7. The Balaban J connectivity index is 1.74. The van der Waals surface area contributed by atoms with E-state index in [2.05, 4.69) is 16.3 Å². The summed E-state index contributed by atoms with van der Waals surface area (Å²) in [7, 11) is 1.61. The number of piperidine rings is 1. The Labute approximate surface area is 135 Å². The first-order valence-corrected chi connectivity index (χ1v) is 7.98. The van der Waals surface area contributed by atoms with Gasteiger partial charge in [0.1, 0.15) is 18.1 Å². The van der Waals surface area contributed by atoms with Gasteiger partial charge in [0.05, 0.1) is 11.3 Å². The molecule has 0 radical (unpaired) electrons. The summed E-state index contributed by atoms with van der Waals surface area (Å²) in [6.45, 7) is 5.68. The van der Waals surface area contributed by atoms with Gasteiger partial charge in [-0.2, -0.15) is 5.10 Å². The van der Waals surface area contributed by atoms with Crippen molar-refractivity contribution in [3.05, 3.63) is 40.6 Å². The lowest BCUT2D eigenvalue weighted by molar-refractivity contribution is 0.0704. The van der Waals surface area contributed by atoms with Crippen molar-refractivity contribution in [1.82, 2.24) is 15.1 Å². The standard InChI is InChI=1S/C17H23N3O3/c1-11-7-16(19-18-11)13-5-4-6-20(9-13)17(21)15-8-14(10-22-3)23-12(15)2/h7-8,13H,4-6,9-10H2,1-3H3,(H,18,19)/t13-/m0/s1. The number of nitrogens with one attached hydrogen (secondary N) is 1. The van der Waals surface area contributed by atoms with E-state index >= 15 is 0 Å². The number of aryl methyl sites for hydroxylation is 2. The minimum absolute atomic E-state index is 0.0329. The van der Waals surface area contributed by atoms with Crippen LogP contribution >= 0.6 is 0 Å². The third-order valence-electron chi connectivity index (χ3n) is 4.34. The minimum atomic E-state index is 0.0329. The topological polar surface area (TPSA) is 71.4 Å². The fourth-order valence-corrected chi connectivity index (χ4v) is 3.19. The van der Waals surface area contributed by atoms with Gasteiger partial charge in [-0.15, -0.1) is 0 Å². The molecule has 1 atom stereocenters. The summed E-state index contributed by atoms with van der Waals surface area (Å²) in [4.78, 5) is 14.7. The van der Waals surface area contributed by atoms with Gasteiger partial charge in [0.25, 0.3) is 5.91 Å². The normalized spacial score (nSPS) is 18.4. The van der Waals surface area contributed by atoms with Crippen molar-refractivity contribution in [2.75, 3.05) is 20.2 Å². The zero-order valence-electron chi connectivity index (χ0n) is 13.9. The average Bonchev–Trinajstić information content (AvgIpc) is 3.13. The van der Waals surface area contributed by atoms with Crippen molar-refractivity contribution < 1.29 is 13.9 Å². The monoisotopic (exact) mass is 317 g/mol. The summed E-state index contributed by atoms with van der Waals surface area (Å²) in [5, 5.41) is 7.34. The summed E-state index contributed by atoms with van der Waals surface area (Å²) in [5.74, 6) is 1.67. The Morgan fingerprint density at radius 2 is 2.30 bits per heavy atom. The number of aromatic nitrogens is 2. The maximum absolute atomic E-state index is 12.8. The predicted molar refractivity (Wildman–Crippen MR) is 85.4 cm³/mol. The molecule has 6 nitrogen and oxygen atoms in total. The molecule has 3 heterocycles. The first-order chi connectivity index (χ1) is 11.1. The maximum Gasteiger partial charge on any atom is 0.257 e. The zero-order valence-corrected chi connectivity index (χ0v) is 13.9. The number of likely N-dealkylation sites (tertiary alicyclic amines) is 1. The van der Waals surface area contributed by atoms with Crippen LogP contribution in [-0.2, 0) is 11.3 Å². The van der Waals surface area contributed by atoms with Gasteiger partial charge in [0.15, 0.2) is 0 Å². The van der Waals surface area contributed by atoms with E-state index in [9.17, 15) is 4.79 Å². The van der Waals surface area contributed by atoms with Gasteiger partial charge in [0.2, 0.25) is 0 Å². The molecule has 1 N–H and O–H groups in total. The average molecular weight is 317 g/mol. The van der Waals surface area contributed by atoms with Crippen LogP contribution in [-0.4, -0.2) is 41.2 Å². The summed E-state index contributed by atoms with van der Waals surface area (Å²) in [6, 6.07) is 3.86. The van der Waals surface area contributed by atoms with E-state index in [1.165, 1.54) is 0 Å². The molecule has 1 amide bonds. The highest BCUT2D eigenvalue weighted by molar-refractivity contribution is 5.95. The number of H-pyrrole nitrogens is 1. The molecule has 3 rings (SSSR count). The molecule has 0 unspecified atom stereocenters. The van der Waals surface area contributed by atoms with Crippen LogP contribution in [0.25, 0.3) is 0 Å². The second kappa shape index (κ2) is 6.58. The predicted octanol–water partition coefficient (Wildman–Crippen LogP) is 2.79. The Hall–Kier alpha value is -2.08. The van der Waals surface area contributed by atoms with E-state index in [4.69, 9.17) is 9.15 Å². The van der Waals surface area contributed by atoms with Crippen molar-refractivity contribution in [1.29, 1.82) is 0 Å². The highest BCUT2D eigenvalue weighted by Gasteiger charge is 2.28. The van der Waals surface area contributed by atoms with Gasteiger partial charge >= 0.3 is 0 Å². The molecule has 1 aliphatic heterocycles. The van der Waals surface area contributed by atoms with Crippen LogP contribution < -0.4 is 0 Å². The molecular formula is C17H23N3O3. The molecule has 0 spiro atoms. The van der Waals surface area contributed by atoms with Crippen LogP contribution in [0.3, 0.4) is 0 Å². The van der Waals surface area contributed by atoms with Crippen LogP contribution in [0.15, 0.2) is 16.5 Å². The highest BCUT2D eigenvalue weighted by atomic mass is 16.5. The largest absolute Gasteiger partial charge is 0.463 e. The SMILES string of the molecule is COCc1cc(C(=O)N2CCC[C@H](c3cc(C)[nH]n3)C2)c(C)o1. The molecule has 23 heavy (non-hydrogen) atoms. The van der Waals surface area contributed by atoms with Gasteiger partial charge < -0.3 is 14.1 Å². The number of amides is 1. The van der Waals surface area contributed by atoms with E-state index in [1.54, 1.807) is 13.2 Å². The smallest absolute Gasteiger partial charge is 0.257 e. The molecule has 0 bridgehead atoms. The molecule has 6 heteroatoms. The van der Waals surface area contributed by atoms with E-state index in [0.717, 1.165) is 30.8 Å². The molecule has 1 aliphatic rings. The second-order valence-corrected chi connectivity index (χ2v) is 6.18. The molecule has 2 aromatic heterocycles. The first-order valence-electron chi connectivity index (χ1n) is 7.98. The van der Waals surface area contributed by atoms with Gasteiger partial charge in [-0.1, -0.05) is 0 Å². The molecule has 0 saturated carbocycles. The first kappa shape index (κ1) is 15.8. The van der Waals surface area contributed by atoms with Crippen molar-refractivity contribution in [2.45, 2.75) is 39.2 Å². The Morgan fingerprint density at radius 1 is 1.48 bits per heavy atom. The lowest BCUT2D eigenvalue weighted by Crippen LogP contribution is -2.39. The molecule has 2 aromatic rings. The van der Waals surface area contributed by atoms with Crippen LogP contribution in [0.4, 0.5) is 0 Å².